The average Bonchev–Trinajstić information content (AvgIpc) is 3.18. The van der Waals surface area contributed by atoms with Gasteiger partial charge in [-0.2, -0.15) is 5.26 Å². The maximum absolute atomic E-state index is 14.1. The molecule has 3 aromatic heterocycles. The van der Waals surface area contributed by atoms with E-state index in [0.717, 1.165) is 5.39 Å². The highest BCUT2D eigenvalue weighted by Gasteiger charge is 2.27. The third kappa shape index (κ3) is 5.95. The molecule has 0 bridgehead atoms. The zero-order valence-corrected chi connectivity index (χ0v) is 19.4. The Labute approximate surface area is 196 Å². The number of hydrogen-bond donors (Lipinski definition) is 4. The Morgan fingerprint density at radius 3 is 2.65 bits per heavy atom. The summed E-state index contributed by atoms with van der Waals surface area (Å²) >= 11 is 0. The molecule has 1 atom stereocenters. The molecular weight excluding hydrogens is 439 g/mol. The lowest BCUT2D eigenvalue weighted by atomic mass is 10.0. The predicted octanol–water partition coefficient (Wildman–Crippen LogP) is 2.83. The number of pyridine rings is 2. The van der Waals surface area contributed by atoms with Gasteiger partial charge in [-0.15, -0.1) is 0 Å². The SMILES string of the molecule is CC(C)(O)C=CNc1cc(-n2ccc3cc(C#N)cnc32)ncc1C(=O)NCC(F)C(C)(C)O. The molecule has 178 valence electrons. The molecule has 0 aromatic carbocycles. The molecule has 0 radical (unpaired) electrons. The number of nitrogens with zero attached hydrogens (tertiary/aromatic N) is 4. The molecule has 0 aliphatic carbocycles. The first-order valence-corrected chi connectivity index (χ1v) is 10.6. The van der Waals surface area contributed by atoms with Gasteiger partial charge in [0.25, 0.3) is 5.91 Å². The quantitative estimate of drug-likeness (QED) is 0.401. The second kappa shape index (κ2) is 9.59. The number of rotatable bonds is 8. The van der Waals surface area contributed by atoms with Gasteiger partial charge in [0.1, 0.15) is 23.7 Å². The van der Waals surface area contributed by atoms with Crippen LogP contribution >= 0.6 is 0 Å². The van der Waals surface area contributed by atoms with Crippen LogP contribution in [0.5, 0.6) is 0 Å². The van der Waals surface area contributed by atoms with Crippen molar-refractivity contribution in [2.75, 3.05) is 11.9 Å². The van der Waals surface area contributed by atoms with E-state index in [-0.39, 0.29) is 12.1 Å². The Balaban J connectivity index is 1.96. The van der Waals surface area contributed by atoms with Crippen molar-refractivity contribution >= 4 is 22.6 Å². The number of halogens is 1. The van der Waals surface area contributed by atoms with E-state index >= 15 is 0 Å². The minimum atomic E-state index is -1.66. The summed E-state index contributed by atoms with van der Waals surface area (Å²) in [6, 6.07) is 7.17. The van der Waals surface area contributed by atoms with Crippen LogP contribution in [0.2, 0.25) is 0 Å². The van der Waals surface area contributed by atoms with Crippen molar-refractivity contribution in [3.63, 3.8) is 0 Å². The Morgan fingerprint density at radius 2 is 2.00 bits per heavy atom. The van der Waals surface area contributed by atoms with E-state index in [0.29, 0.717) is 22.7 Å². The van der Waals surface area contributed by atoms with Gasteiger partial charge in [0, 0.05) is 30.0 Å². The normalized spacial score (nSPS) is 13.1. The first kappa shape index (κ1) is 24.8. The third-order valence-corrected chi connectivity index (χ3v) is 4.97. The number of aromatic nitrogens is 3. The van der Waals surface area contributed by atoms with Crippen molar-refractivity contribution in [2.24, 2.45) is 0 Å². The molecule has 0 spiro atoms. The summed E-state index contributed by atoms with van der Waals surface area (Å²) in [4.78, 5) is 21.5. The number of carbonyl (C=O) groups is 1. The zero-order chi connectivity index (χ0) is 25.1. The van der Waals surface area contributed by atoms with Crippen molar-refractivity contribution in [3.05, 3.63) is 60.2 Å². The van der Waals surface area contributed by atoms with Crippen molar-refractivity contribution < 1.29 is 19.4 Å². The highest BCUT2D eigenvalue weighted by molar-refractivity contribution is 5.99. The van der Waals surface area contributed by atoms with Crippen LogP contribution in [0, 0.1) is 11.3 Å². The molecule has 9 nitrogen and oxygen atoms in total. The van der Waals surface area contributed by atoms with Gasteiger partial charge in [-0.1, -0.05) is 0 Å². The van der Waals surface area contributed by atoms with E-state index in [2.05, 4.69) is 20.6 Å². The first-order valence-electron chi connectivity index (χ1n) is 10.6. The van der Waals surface area contributed by atoms with Crippen molar-refractivity contribution in [1.82, 2.24) is 19.9 Å². The van der Waals surface area contributed by atoms with Crippen LogP contribution in [0.15, 0.2) is 49.1 Å². The van der Waals surface area contributed by atoms with Crippen LogP contribution in [-0.4, -0.2) is 54.6 Å². The maximum atomic E-state index is 14.1. The number of alkyl halides is 1. The van der Waals surface area contributed by atoms with Crippen molar-refractivity contribution in [2.45, 2.75) is 45.1 Å². The predicted molar refractivity (Wildman–Crippen MR) is 126 cm³/mol. The Kier molecular flexibility index (Phi) is 7.00. The molecule has 4 N–H and O–H groups in total. The van der Waals surface area contributed by atoms with E-state index in [1.165, 1.54) is 38.5 Å². The van der Waals surface area contributed by atoms with Gasteiger partial charge >= 0.3 is 0 Å². The van der Waals surface area contributed by atoms with E-state index in [1.807, 2.05) is 6.07 Å². The fourth-order valence-electron chi connectivity index (χ4n) is 3.01. The molecule has 10 heteroatoms. The molecule has 0 aliphatic heterocycles. The monoisotopic (exact) mass is 466 g/mol. The molecule has 0 fully saturated rings. The van der Waals surface area contributed by atoms with E-state index in [9.17, 15) is 19.4 Å². The summed E-state index contributed by atoms with van der Waals surface area (Å²) in [5.41, 5.74) is -1.17. The molecule has 3 heterocycles. The van der Waals surface area contributed by atoms with E-state index < -0.39 is 23.3 Å². The van der Waals surface area contributed by atoms with Crippen LogP contribution in [0.3, 0.4) is 0 Å². The summed E-state index contributed by atoms with van der Waals surface area (Å²) < 4.78 is 15.8. The second-order valence-electron chi connectivity index (χ2n) is 8.99. The molecule has 0 aliphatic rings. The maximum Gasteiger partial charge on any atom is 0.255 e. The number of fused-ring (bicyclic) bond motifs is 1. The second-order valence-corrected chi connectivity index (χ2v) is 8.99. The number of aliphatic hydroxyl groups is 2. The lowest BCUT2D eigenvalue weighted by molar-refractivity contribution is -0.00177. The number of amides is 1. The minimum absolute atomic E-state index is 0.142. The molecule has 1 amide bonds. The van der Waals surface area contributed by atoms with Crippen LogP contribution in [0.1, 0.15) is 43.6 Å². The third-order valence-electron chi connectivity index (χ3n) is 4.97. The average molecular weight is 467 g/mol. The minimum Gasteiger partial charge on any atom is -0.387 e. The zero-order valence-electron chi connectivity index (χ0n) is 19.4. The number of anilines is 1. The van der Waals surface area contributed by atoms with Gasteiger partial charge < -0.3 is 20.8 Å². The summed E-state index contributed by atoms with van der Waals surface area (Å²) in [7, 11) is 0. The Hall–Kier alpha value is -3.81. The van der Waals surface area contributed by atoms with Crippen molar-refractivity contribution in [3.8, 4) is 11.9 Å². The lowest BCUT2D eigenvalue weighted by Gasteiger charge is -2.22. The van der Waals surface area contributed by atoms with Crippen LogP contribution in [0.25, 0.3) is 16.9 Å². The highest BCUT2D eigenvalue weighted by Crippen LogP contribution is 2.23. The standard InChI is InChI=1S/C24H27FN6O3/c1-23(2,33)6-7-27-18-10-20(31-8-5-16-9-15(11-26)12-29-21(16)31)28-13-17(18)22(32)30-14-19(25)24(3,4)34/h5-10,12-13,19,33-34H,14H2,1-4H3,(H,27,28)(H,30,32). The van der Waals surface area contributed by atoms with Crippen molar-refractivity contribution in [1.29, 1.82) is 5.26 Å². The molecule has 34 heavy (non-hydrogen) atoms. The lowest BCUT2D eigenvalue weighted by Crippen LogP contribution is -2.42. The first-order chi connectivity index (χ1) is 15.9. The molecule has 3 rings (SSSR count). The van der Waals surface area contributed by atoms with Gasteiger partial charge in [0.2, 0.25) is 0 Å². The Bertz CT molecular complexity index is 1260. The summed E-state index contributed by atoms with van der Waals surface area (Å²) in [5.74, 6) is -0.137. The summed E-state index contributed by atoms with van der Waals surface area (Å²) in [5, 5.41) is 35.0. The van der Waals surface area contributed by atoms with E-state index in [4.69, 9.17) is 5.26 Å². The fraction of sp³-hybridized carbons (Fsp3) is 0.333. The van der Waals surface area contributed by atoms with Crippen LogP contribution in [0.4, 0.5) is 10.1 Å². The topological polar surface area (TPSA) is 136 Å². The van der Waals surface area contributed by atoms with E-state index in [1.54, 1.807) is 42.8 Å². The molecule has 0 saturated carbocycles. The molecule has 3 aromatic rings. The number of nitriles is 1. The molecule has 0 saturated heterocycles. The van der Waals surface area contributed by atoms with Crippen LogP contribution < -0.4 is 10.6 Å². The van der Waals surface area contributed by atoms with Gasteiger partial charge in [-0.25, -0.2) is 14.4 Å². The largest absolute Gasteiger partial charge is 0.387 e. The molecular formula is C24H27FN6O3. The number of nitrogens with one attached hydrogen (secondary N) is 2. The van der Waals surface area contributed by atoms with Gasteiger partial charge in [-0.05, 0) is 52.1 Å². The van der Waals surface area contributed by atoms with Crippen LogP contribution in [-0.2, 0) is 0 Å². The fourth-order valence-corrected chi connectivity index (χ4v) is 3.01. The smallest absolute Gasteiger partial charge is 0.255 e. The number of carbonyl (C=O) groups excluding carboxylic acids is 1. The summed E-state index contributed by atoms with van der Waals surface area (Å²) in [6.45, 7) is 5.47. The number of hydrogen-bond acceptors (Lipinski definition) is 7. The summed E-state index contributed by atoms with van der Waals surface area (Å²) in [6.07, 6.45) is 5.89. The highest BCUT2D eigenvalue weighted by atomic mass is 19.1. The van der Waals surface area contributed by atoms with Gasteiger partial charge in [-0.3, -0.25) is 9.36 Å². The van der Waals surface area contributed by atoms with Gasteiger partial charge in [0.05, 0.1) is 34.6 Å². The Morgan fingerprint density at radius 1 is 1.26 bits per heavy atom. The van der Waals surface area contributed by atoms with Gasteiger partial charge in [0.15, 0.2) is 0 Å². The molecule has 1 unspecified atom stereocenters.